The maximum Gasteiger partial charge on any atom is 0.331 e. The summed E-state index contributed by atoms with van der Waals surface area (Å²) in [5, 5.41) is 6.55. The van der Waals surface area contributed by atoms with Crippen molar-refractivity contribution < 1.29 is 22.8 Å². The van der Waals surface area contributed by atoms with E-state index in [1.54, 1.807) is 22.1 Å². The molecule has 4 rings (SSSR count). The first-order chi connectivity index (χ1) is 17.9. The van der Waals surface area contributed by atoms with Crippen molar-refractivity contribution in [2.75, 3.05) is 35.3 Å². The van der Waals surface area contributed by atoms with Gasteiger partial charge in [-0.1, -0.05) is 23.8 Å². The van der Waals surface area contributed by atoms with Gasteiger partial charge in [0, 0.05) is 43.7 Å². The monoisotopic (exact) mass is 557 g/mol. The number of thiophene rings is 1. The molecule has 2 aromatic rings. The number of sulfone groups is 1. The SMILES string of the molecule is C=C(C)/C=C\C(=C(C)C)N1C(=O)Nc2c(C(=O)N[C@@H]3CCN(C(=O)CCS(C)(=O)=O)C3)sc3nccc1c23. The molecule has 0 saturated carbocycles. The van der Waals surface area contributed by atoms with Crippen LogP contribution in [0.2, 0.25) is 0 Å². The van der Waals surface area contributed by atoms with E-state index in [1.165, 1.54) is 11.3 Å². The van der Waals surface area contributed by atoms with E-state index in [2.05, 4.69) is 22.2 Å². The van der Waals surface area contributed by atoms with Gasteiger partial charge in [0.05, 0.1) is 22.5 Å². The van der Waals surface area contributed by atoms with Crippen LogP contribution in [0.3, 0.4) is 0 Å². The molecule has 1 saturated heterocycles. The lowest BCUT2D eigenvalue weighted by Crippen LogP contribution is -2.40. The van der Waals surface area contributed by atoms with Crippen LogP contribution < -0.4 is 15.5 Å². The molecule has 0 aliphatic carbocycles. The van der Waals surface area contributed by atoms with E-state index in [9.17, 15) is 22.8 Å². The molecule has 2 aliphatic heterocycles. The van der Waals surface area contributed by atoms with Gasteiger partial charge in [-0.2, -0.15) is 0 Å². The third-order valence-electron chi connectivity index (χ3n) is 6.29. The van der Waals surface area contributed by atoms with Crippen molar-refractivity contribution in [2.24, 2.45) is 0 Å². The van der Waals surface area contributed by atoms with Gasteiger partial charge >= 0.3 is 6.03 Å². The summed E-state index contributed by atoms with van der Waals surface area (Å²) in [6.45, 7) is 10.3. The van der Waals surface area contributed by atoms with Gasteiger partial charge in [-0.3, -0.25) is 14.5 Å². The van der Waals surface area contributed by atoms with Crippen molar-refractivity contribution in [1.82, 2.24) is 15.2 Å². The highest BCUT2D eigenvalue weighted by Crippen LogP contribution is 2.45. The average molecular weight is 558 g/mol. The number of aromatic nitrogens is 1. The fourth-order valence-corrected chi connectivity index (χ4v) is 6.02. The van der Waals surface area contributed by atoms with Gasteiger partial charge in [0.2, 0.25) is 5.91 Å². The summed E-state index contributed by atoms with van der Waals surface area (Å²) < 4.78 is 22.8. The van der Waals surface area contributed by atoms with Crippen molar-refractivity contribution in [3.05, 3.63) is 52.7 Å². The molecule has 0 aromatic carbocycles. The number of rotatable bonds is 8. The summed E-state index contributed by atoms with van der Waals surface area (Å²) in [6.07, 6.45) is 6.88. The maximum atomic E-state index is 13.3. The molecule has 0 unspecified atom stereocenters. The minimum Gasteiger partial charge on any atom is -0.347 e. The Labute approximate surface area is 226 Å². The van der Waals surface area contributed by atoms with Crippen molar-refractivity contribution in [1.29, 1.82) is 0 Å². The Bertz CT molecular complexity index is 1500. The number of nitrogens with one attached hydrogen (secondary N) is 2. The second kappa shape index (κ2) is 10.7. The predicted molar refractivity (Wildman–Crippen MR) is 150 cm³/mol. The molecular weight excluding hydrogens is 526 g/mol. The zero-order valence-electron chi connectivity index (χ0n) is 21.8. The second-order valence-corrected chi connectivity index (χ2v) is 13.1. The minimum absolute atomic E-state index is 0.0772. The highest BCUT2D eigenvalue weighted by atomic mass is 32.2. The van der Waals surface area contributed by atoms with Crippen LogP contribution in [-0.2, 0) is 14.6 Å². The number of hydrogen-bond donors (Lipinski definition) is 2. The summed E-state index contributed by atoms with van der Waals surface area (Å²) in [4.78, 5) is 47.6. The van der Waals surface area contributed by atoms with E-state index in [1.807, 2.05) is 32.9 Å². The molecule has 2 N–H and O–H groups in total. The lowest BCUT2D eigenvalue weighted by molar-refractivity contribution is -0.129. The van der Waals surface area contributed by atoms with E-state index in [-0.39, 0.29) is 36.1 Å². The molecule has 1 fully saturated rings. The first-order valence-electron chi connectivity index (χ1n) is 12.2. The maximum absolute atomic E-state index is 13.3. The molecule has 12 heteroatoms. The summed E-state index contributed by atoms with van der Waals surface area (Å²) in [6, 6.07) is 1.09. The number of allylic oxidation sites excluding steroid dienone is 4. The van der Waals surface area contributed by atoms with E-state index in [0.717, 1.165) is 17.4 Å². The first kappa shape index (κ1) is 27.5. The Balaban J connectivity index is 1.57. The molecule has 38 heavy (non-hydrogen) atoms. The molecule has 0 bridgehead atoms. The number of anilines is 2. The number of pyridine rings is 1. The Kier molecular flexibility index (Phi) is 7.75. The molecule has 202 valence electrons. The van der Waals surface area contributed by atoms with E-state index >= 15 is 0 Å². The quantitative estimate of drug-likeness (QED) is 0.475. The standard InChI is InChI=1S/C26H31N5O5S2/c1-15(2)6-7-18(16(3)4)31-19-8-11-27-25-21(19)22(29-26(31)34)23(37-25)24(33)28-17-9-12-30(14-17)20(32)10-13-38(5,35)36/h6-8,11,17H,1,9-10,12-14H2,2-5H3,(H,28,33)(H,29,34)/b7-6-/t17-/m1/s1. The van der Waals surface area contributed by atoms with Crippen LogP contribution in [0.25, 0.3) is 10.2 Å². The van der Waals surface area contributed by atoms with E-state index in [0.29, 0.717) is 51.7 Å². The summed E-state index contributed by atoms with van der Waals surface area (Å²) >= 11 is 1.19. The fourth-order valence-electron chi connectivity index (χ4n) is 4.46. The van der Waals surface area contributed by atoms with Gasteiger partial charge in [0.25, 0.3) is 5.91 Å². The molecule has 2 aliphatic rings. The summed E-state index contributed by atoms with van der Waals surface area (Å²) in [5.74, 6) is -0.808. The minimum atomic E-state index is -3.23. The lowest BCUT2D eigenvalue weighted by Gasteiger charge is -2.30. The van der Waals surface area contributed by atoms with E-state index < -0.39 is 9.84 Å². The van der Waals surface area contributed by atoms with Crippen LogP contribution in [-0.4, -0.2) is 67.3 Å². The molecule has 4 heterocycles. The third kappa shape index (κ3) is 5.81. The van der Waals surface area contributed by atoms with Crippen molar-refractivity contribution in [3.8, 4) is 0 Å². The number of carbonyl (C=O) groups excluding carboxylic acids is 3. The Morgan fingerprint density at radius 1 is 1.29 bits per heavy atom. The van der Waals surface area contributed by atoms with Gasteiger partial charge in [0.15, 0.2) is 0 Å². The molecular formula is C26H31N5O5S2. The second-order valence-electron chi connectivity index (χ2n) is 9.83. The molecule has 4 amide bonds. The van der Waals surface area contributed by atoms with Crippen LogP contribution in [0.5, 0.6) is 0 Å². The van der Waals surface area contributed by atoms with Crippen molar-refractivity contribution in [2.45, 2.75) is 39.7 Å². The number of hydrogen-bond acceptors (Lipinski definition) is 7. The number of nitrogens with zero attached hydrogens (tertiary/aromatic N) is 3. The number of amides is 4. The molecule has 10 nitrogen and oxygen atoms in total. The smallest absolute Gasteiger partial charge is 0.331 e. The Morgan fingerprint density at radius 2 is 2.03 bits per heavy atom. The third-order valence-corrected chi connectivity index (χ3v) is 8.34. The van der Waals surface area contributed by atoms with Crippen LogP contribution in [0.4, 0.5) is 16.2 Å². The van der Waals surface area contributed by atoms with Crippen LogP contribution >= 0.6 is 11.3 Å². The first-order valence-corrected chi connectivity index (χ1v) is 15.0. The van der Waals surface area contributed by atoms with Crippen molar-refractivity contribution in [3.63, 3.8) is 0 Å². The number of urea groups is 1. The van der Waals surface area contributed by atoms with Crippen molar-refractivity contribution >= 4 is 60.6 Å². The van der Waals surface area contributed by atoms with E-state index in [4.69, 9.17) is 0 Å². The largest absolute Gasteiger partial charge is 0.347 e. The van der Waals surface area contributed by atoms with Crippen LogP contribution in [0.15, 0.2) is 47.8 Å². The molecule has 0 spiro atoms. The van der Waals surface area contributed by atoms with Crippen LogP contribution in [0, 0.1) is 0 Å². The molecule has 1 atom stereocenters. The predicted octanol–water partition coefficient (Wildman–Crippen LogP) is 3.84. The summed E-state index contributed by atoms with van der Waals surface area (Å²) in [5.41, 5.74) is 3.53. The highest BCUT2D eigenvalue weighted by molar-refractivity contribution is 7.90. The topological polar surface area (TPSA) is 129 Å². The Morgan fingerprint density at radius 3 is 2.68 bits per heavy atom. The van der Waals surface area contributed by atoms with Gasteiger partial charge in [-0.25, -0.2) is 18.2 Å². The average Bonchev–Trinajstić information content (AvgIpc) is 3.44. The molecule has 0 radical (unpaired) electrons. The highest BCUT2D eigenvalue weighted by Gasteiger charge is 2.35. The van der Waals surface area contributed by atoms with Gasteiger partial charge in [0.1, 0.15) is 19.5 Å². The van der Waals surface area contributed by atoms with Gasteiger partial charge in [-0.05, 0) is 39.3 Å². The normalized spacial score (nSPS) is 17.2. The zero-order chi connectivity index (χ0) is 27.8. The van der Waals surface area contributed by atoms with Crippen LogP contribution in [0.1, 0.15) is 43.3 Å². The fraction of sp³-hybridized carbons (Fsp3) is 0.385. The Hall–Kier alpha value is -3.51. The number of likely N-dealkylation sites (tertiary alicyclic amines) is 1. The lowest BCUT2D eigenvalue weighted by atomic mass is 10.1. The number of carbonyl (C=O) groups is 3. The van der Waals surface area contributed by atoms with Gasteiger partial charge < -0.3 is 15.5 Å². The summed E-state index contributed by atoms with van der Waals surface area (Å²) in [7, 11) is -3.23. The van der Waals surface area contributed by atoms with Gasteiger partial charge in [-0.15, -0.1) is 11.3 Å². The molecule has 2 aromatic heterocycles. The zero-order valence-corrected chi connectivity index (χ0v) is 23.5.